The van der Waals surface area contributed by atoms with Gasteiger partial charge in [0.25, 0.3) is 0 Å². The number of thiazole rings is 1. The minimum atomic E-state index is 0.0383. The maximum Gasteiger partial charge on any atom is 0.129 e. The highest BCUT2D eigenvalue weighted by atomic mass is 32.1. The molecular weight excluding hydrogens is 344 g/mol. The summed E-state index contributed by atoms with van der Waals surface area (Å²) in [5, 5.41) is 13.0. The number of para-hydroxylation sites is 1. The molecule has 1 aliphatic heterocycles. The van der Waals surface area contributed by atoms with E-state index in [1.54, 1.807) is 18.4 Å². The van der Waals surface area contributed by atoms with E-state index >= 15 is 0 Å². The lowest BCUT2D eigenvalue weighted by atomic mass is 9.93. The molecule has 0 fully saturated rings. The maximum absolute atomic E-state index is 9.96. The van der Waals surface area contributed by atoms with Gasteiger partial charge in [0, 0.05) is 18.5 Å². The Balaban J connectivity index is 1.56. The first-order valence-corrected chi connectivity index (χ1v) is 9.68. The van der Waals surface area contributed by atoms with Crippen molar-refractivity contribution in [3.63, 3.8) is 0 Å². The second-order valence-corrected chi connectivity index (χ2v) is 7.32. The van der Waals surface area contributed by atoms with Crippen LogP contribution >= 0.6 is 11.3 Å². The van der Waals surface area contributed by atoms with Crippen LogP contribution in [-0.2, 0) is 13.0 Å². The molecule has 0 bridgehead atoms. The zero-order valence-corrected chi connectivity index (χ0v) is 15.6. The molecule has 5 heteroatoms. The fourth-order valence-electron chi connectivity index (χ4n) is 3.64. The fraction of sp³-hybridized carbons (Fsp3) is 0.286. The highest BCUT2D eigenvalue weighted by Crippen LogP contribution is 2.34. The average Bonchev–Trinajstić information content (AvgIpc) is 3.16. The van der Waals surface area contributed by atoms with Gasteiger partial charge in [0.2, 0.25) is 0 Å². The van der Waals surface area contributed by atoms with Gasteiger partial charge in [-0.1, -0.05) is 36.4 Å². The Kier molecular flexibility index (Phi) is 5.02. The lowest BCUT2D eigenvalue weighted by Crippen LogP contribution is -2.36. The number of nitrogens with zero attached hydrogens (tertiary/aromatic N) is 2. The first-order valence-electron chi connectivity index (χ1n) is 8.80. The van der Waals surface area contributed by atoms with Gasteiger partial charge >= 0.3 is 0 Å². The number of aromatic nitrogens is 1. The number of ether oxygens (including phenoxy) is 1. The highest BCUT2D eigenvalue weighted by molar-refractivity contribution is 7.13. The van der Waals surface area contributed by atoms with Gasteiger partial charge < -0.3 is 9.84 Å². The van der Waals surface area contributed by atoms with Crippen molar-refractivity contribution in [2.45, 2.75) is 19.0 Å². The van der Waals surface area contributed by atoms with Gasteiger partial charge in [0.05, 0.1) is 31.0 Å². The molecule has 26 heavy (non-hydrogen) atoms. The fourth-order valence-corrected chi connectivity index (χ4v) is 4.48. The quantitative estimate of drug-likeness (QED) is 0.744. The molecule has 0 spiro atoms. The van der Waals surface area contributed by atoms with Crippen molar-refractivity contribution in [2.24, 2.45) is 0 Å². The topological polar surface area (TPSA) is 45.6 Å². The average molecular weight is 366 g/mol. The van der Waals surface area contributed by atoms with E-state index in [2.05, 4.69) is 28.5 Å². The predicted molar refractivity (Wildman–Crippen MR) is 104 cm³/mol. The molecule has 2 heterocycles. The zero-order chi connectivity index (χ0) is 17.9. The van der Waals surface area contributed by atoms with E-state index in [9.17, 15) is 5.11 Å². The molecule has 4 rings (SSSR count). The molecule has 0 saturated carbocycles. The smallest absolute Gasteiger partial charge is 0.129 e. The van der Waals surface area contributed by atoms with Gasteiger partial charge in [-0.2, -0.15) is 0 Å². The van der Waals surface area contributed by atoms with E-state index < -0.39 is 0 Å². The third kappa shape index (κ3) is 3.26. The summed E-state index contributed by atoms with van der Waals surface area (Å²) in [6.07, 6.45) is 1.01. The van der Waals surface area contributed by atoms with Crippen molar-refractivity contribution in [3.05, 3.63) is 70.7 Å². The van der Waals surface area contributed by atoms with Gasteiger partial charge in [-0.15, -0.1) is 11.3 Å². The number of aliphatic hydroxyl groups excluding tert-OH is 1. The summed E-state index contributed by atoms with van der Waals surface area (Å²) in [4.78, 5) is 7.15. The third-order valence-corrected chi connectivity index (χ3v) is 5.87. The second kappa shape index (κ2) is 7.58. The maximum atomic E-state index is 9.96. The van der Waals surface area contributed by atoms with Crippen molar-refractivity contribution in [1.82, 2.24) is 9.88 Å². The van der Waals surface area contributed by atoms with Crippen LogP contribution in [0.15, 0.2) is 53.9 Å². The summed E-state index contributed by atoms with van der Waals surface area (Å²) >= 11 is 1.63. The summed E-state index contributed by atoms with van der Waals surface area (Å²) in [6.45, 7) is 1.80. The molecule has 0 aliphatic carbocycles. The molecule has 0 saturated heterocycles. The molecule has 1 aromatic heterocycles. The Morgan fingerprint density at radius 3 is 2.85 bits per heavy atom. The lowest BCUT2D eigenvalue weighted by Gasteiger charge is -2.35. The van der Waals surface area contributed by atoms with E-state index in [1.807, 2.05) is 30.3 Å². The molecular formula is C21H22N2O2S. The van der Waals surface area contributed by atoms with Gasteiger partial charge in [0.15, 0.2) is 0 Å². The number of benzene rings is 2. The van der Waals surface area contributed by atoms with Crippen LogP contribution in [0.4, 0.5) is 0 Å². The van der Waals surface area contributed by atoms with E-state index in [4.69, 9.17) is 9.72 Å². The van der Waals surface area contributed by atoms with Gasteiger partial charge in [-0.05, 0) is 29.7 Å². The summed E-state index contributed by atoms with van der Waals surface area (Å²) in [6, 6.07) is 16.4. The Morgan fingerprint density at radius 1 is 1.19 bits per heavy atom. The molecule has 0 radical (unpaired) electrons. The first-order chi connectivity index (χ1) is 12.8. The van der Waals surface area contributed by atoms with E-state index in [1.165, 1.54) is 11.1 Å². The largest absolute Gasteiger partial charge is 0.496 e. The summed E-state index contributed by atoms with van der Waals surface area (Å²) in [5.41, 5.74) is 4.64. The highest BCUT2D eigenvalue weighted by Gasteiger charge is 2.27. The van der Waals surface area contributed by atoms with Crippen LogP contribution in [0.3, 0.4) is 0 Å². The number of fused-ring (bicyclic) bond motifs is 1. The molecule has 1 atom stereocenters. The molecule has 2 aromatic carbocycles. The van der Waals surface area contributed by atoms with Crippen molar-refractivity contribution < 1.29 is 9.84 Å². The van der Waals surface area contributed by atoms with Crippen LogP contribution in [0.1, 0.15) is 22.9 Å². The van der Waals surface area contributed by atoms with Gasteiger partial charge in [-0.25, -0.2) is 4.98 Å². The minimum Gasteiger partial charge on any atom is -0.496 e. The number of hydrogen-bond acceptors (Lipinski definition) is 5. The van der Waals surface area contributed by atoms with Crippen LogP contribution in [0, 0.1) is 0 Å². The van der Waals surface area contributed by atoms with E-state index in [0.29, 0.717) is 0 Å². The standard InChI is InChI=1S/C21H22N2O2S/c1-25-20-9-5-4-8-18(20)21-22-16(14-26-21)12-23-11-10-15-6-2-3-7-17(15)19(23)13-24/h2-9,14,19,24H,10-13H2,1H3. The normalized spacial score (nSPS) is 17.1. The lowest BCUT2D eigenvalue weighted by molar-refractivity contribution is 0.107. The Labute approximate surface area is 157 Å². The van der Waals surface area contributed by atoms with Crippen LogP contribution in [0.5, 0.6) is 5.75 Å². The molecule has 1 N–H and O–H groups in total. The summed E-state index contributed by atoms with van der Waals surface area (Å²) in [5.74, 6) is 0.841. The van der Waals surface area contributed by atoms with Crippen molar-refractivity contribution in [2.75, 3.05) is 20.3 Å². The molecule has 4 nitrogen and oxygen atoms in total. The monoisotopic (exact) mass is 366 g/mol. The Hall–Kier alpha value is -2.21. The SMILES string of the molecule is COc1ccccc1-c1nc(CN2CCc3ccccc3C2CO)cs1. The predicted octanol–water partition coefficient (Wildman–Crippen LogP) is 3.91. The summed E-state index contributed by atoms with van der Waals surface area (Å²) < 4.78 is 5.46. The van der Waals surface area contributed by atoms with Gasteiger partial charge in [0.1, 0.15) is 10.8 Å². The first kappa shape index (κ1) is 17.2. The van der Waals surface area contributed by atoms with Crippen LogP contribution in [-0.4, -0.2) is 35.3 Å². The summed E-state index contributed by atoms with van der Waals surface area (Å²) in [7, 11) is 1.68. The van der Waals surface area contributed by atoms with Crippen LogP contribution in [0.2, 0.25) is 0 Å². The molecule has 0 amide bonds. The number of rotatable bonds is 5. The number of aliphatic hydroxyl groups is 1. The molecule has 1 unspecified atom stereocenters. The molecule has 134 valence electrons. The Bertz CT molecular complexity index is 893. The van der Waals surface area contributed by atoms with Crippen LogP contribution < -0.4 is 4.74 Å². The zero-order valence-electron chi connectivity index (χ0n) is 14.8. The number of hydrogen-bond donors (Lipinski definition) is 1. The van der Waals surface area contributed by atoms with Gasteiger partial charge in [-0.3, -0.25) is 4.90 Å². The minimum absolute atomic E-state index is 0.0383. The van der Waals surface area contributed by atoms with Crippen molar-refractivity contribution in [3.8, 4) is 16.3 Å². The van der Waals surface area contributed by atoms with Crippen LogP contribution in [0.25, 0.3) is 10.6 Å². The van der Waals surface area contributed by atoms with E-state index in [0.717, 1.165) is 41.5 Å². The molecule has 1 aliphatic rings. The van der Waals surface area contributed by atoms with Crippen molar-refractivity contribution >= 4 is 11.3 Å². The molecule has 3 aromatic rings. The second-order valence-electron chi connectivity index (χ2n) is 6.46. The Morgan fingerprint density at radius 2 is 2.00 bits per heavy atom. The van der Waals surface area contributed by atoms with Crippen molar-refractivity contribution in [1.29, 1.82) is 0 Å². The number of methoxy groups -OCH3 is 1. The third-order valence-electron chi connectivity index (χ3n) is 4.95. The van der Waals surface area contributed by atoms with E-state index in [-0.39, 0.29) is 12.6 Å².